The second kappa shape index (κ2) is 13.8. The van der Waals surface area contributed by atoms with Crippen molar-refractivity contribution in [2.24, 2.45) is 0 Å². The molecule has 2 atom stereocenters. The van der Waals surface area contributed by atoms with Crippen LogP contribution >= 0.6 is 11.6 Å². The van der Waals surface area contributed by atoms with Gasteiger partial charge in [-0.1, -0.05) is 30.2 Å². The van der Waals surface area contributed by atoms with Crippen LogP contribution in [0.2, 0.25) is 5.02 Å². The molecular formula is C36H43ClN4O7S. The molecule has 0 aliphatic carbocycles. The first-order valence-corrected chi connectivity index (χ1v) is 18.3. The average Bonchev–Trinajstić information content (AvgIpc) is 3.69. The number of hydrogen-bond acceptors (Lipinski definition) is 9. The minimum absolute atomic E-state index is 0.0154. The topological polar surface area (TPSA) is 109 Å². The minimum atomic E-state index is -4.60. The number of amides is 2. The molecule has 3 aromatic rings. The number of sulfonamides is 1. The van der Waals surface area contributed by atoms with Gasteiger partial charge in [-0.2, -0.15) is 0 Å². The number of methoxy groups -OCH3 is 3. The fraction of sp³-hybridized carbons (Fsp3) is 0.444. The molecule has 49 heavy (non-hydrogen) atoms. The summed E-state index contributed by atoms with van der Waals surface area (Å²) < 4.78 is 47.2. The quantitative estimate of drug-likeness (QED) is 0.291. The van der Waals surface area contributed by atoms with Gasteiger partial charge in [0.2, 0.25) is 5.91 Å². The Bertz CT molecular complexity index is 1860. The van der Waals surface area contributed by atoms with E-state index in [1.165, 1.54) is 43.7 Å². The lowest BCUT2D eigenvalue weighted by atomic mass is 9.80. The van der Waals surface area contributed by atoms with Crippen molar-refractivity contribution in [3.05, 3.63) is 76.3 Å². The Labute approximate surface area is 293 Å². The van der Waals surface area contributed by atoms with Crippen LogP contribution in [0.3, 0.4) is 0 Å². The van der Waals surface area contributed by atoms with Gasteiger partial charge in [-0.25, -0.2) is 12.7 Å². The molecule has 0 bridgehead atoms. The maximum atomic E-state index is 15.5. The molecule has 2 amide bonds. The summed E-state index contributed by atoms with van der Waals surface area (Å²) >= 11 is 6.67. The SMILES string of the molecule is COc1ccc(S(=O)(=O)N2C(=O)C(c3ccc(CN4CCCCC4)cc3OC)(N3CCC[C@H]3C(=O)N(C)C)c3cc(Cl)ccc32)c(OC)c1. The number of rotatable bonds is 10. The van der Waals surface area contributed by atoms with Gasteiger partial charge in [-0.15, -0.1) is 0 Å². The number of hydrogen-bond donors (Lipinski definition) is 0. The fourth-order valence-electron chi connectivity index (χ4n) is 7.60. The van der Waals surface area contributed by atoms with Crippen molar-refractivity contribution in [2.75, 3.05) is 59.4 Å². The number of piperidine rings is 1. The van der Waals surface area contributed by atoms with E-state index >= 15 is 4.79 Å². The van der Waals surface area contributed by atoms with E-state index in [9.17, 15) is 13.2 Å². The minimum Gasteiger partial charge on any atom is -0.497 e. The highest BCUT2D eigenvalue weighted by molar-refractivity contribution is 7.93. The summed E-state index contributed by atoms with van der Waals surface area (Å²) in [4.78, 5) is 34.9. The Balaban J connectivity index is 1.60. The molecule has 3 aliphatic heterocycles. The van der Waals surface area contributed by atoms with Crippen LogP contribution < -0.4 is 18.5 Å². The zero-order valence-electron chi connectivity index (χ0n) is 28.6. The molecule has 0 radical (unpaired) electrons. The summed E-state index contributed by atoms with van der Waals surface area (Å²) in [5, 5.41) is 0.313. The molecule has 0 aromatic heterocycles. The molecule has 3 aliphatic rings. The number of ether oxygens (including phenoxy) is 3. The summed E-state index contributed by atoms with van der Waals surface area (Å²) in [6, 6.07) is 14.1. The van der Waals surface area contributed by atoms with Gasteiger partial charge in [0.25, 0.3) is 15.9 Å². The van der Waals surface area contributed by atoms with Crippen LogP contribution in [-0.2, 0) is 31.7 Å². The maximum Gasteiger partial charge on any atom is 0.274 e. The normalized spacial score (nSPS) is 21.5. The number of benzene rings is 3. The number of fused-ring (bicyclic) bond motifs is 1. The van der Waals surface area contributed by atoms with Gasteiger partial charge >= 0.3 is 0 Å². The Hall–Kier alpha value is -3.84. The van der Waals surface area contributed by atoms with Crippen LogP contribution in [0, 0.1) is 0 Å². The van der Waals surface area contributed by atoms with E-state index < -0.39 is 27.5 Å². The predicted molar refractivity (Wildman–Crippen MR) is 187 cm³/mol. The molecule has 6 rings (SSSR count). The van der Waals surface area contributed by atoms with E-state index in [2.05, 4.69) is 4.90 Å². The Morgan fingerprint density at radius 2 is 1.61 bits per heavy atom. The molecular weight excluding hydrogens is 668 g/mol. The van der Waals surface area contributed by atoms with Crippen molar-refractivity contribution >= 4 is 39.1 Å². The van der Waals surface area contributed by atoms with Gasteiger partial charge < -0.3 is 19.1 Å². The summed E-state index contributed by atoms with van der Waals surface area (Å²) in [5.74, 6) is -0.128. The molecule has 11 nitrogen and oxygen atoms in total. The number of halogens is 1. The Morgan fingerprint density at radius 1 is 0.878 bits per heavy atom. The number of likely N-dealkylation sites (tertiary alicyclic amines) is 2. The van der Waals surface area contributed by atoms with E-state index in [4.69, 9.17) is 25.8 Å². The monoisotopic (exact) mass is 710 g/mol. The van der Waals surface area contributed by atoms with Crippen LogP contribution in [0.5, 0.6) is 17.2 Å². The van der Waals surface area contributed by atoms with Gasteiger partial charge in [0.05, 0.1) is 33.1 Å². The van der Waals surface area contributed by atoms with E-state index in [0.29, 0.717) is 53.6 Å². The van der Waals surface area contributed by atoms with Crippen molar-refractivity contribution in [3.8, 4) is 17.2 Å². The van der Waals surface area contributed by atoms with Gasteiger partial charge in [0.1, 0.15) is 22.1 Å². The van der Waals surface area contributed by atoms with Gasteiger partial charge in [0.15, 0.2) is 5.54 Å². The van der Waals surface area contributed by atoms with Gasteiger partial charge in [0, 0.05) is 49.4 Å². The highest BCUT2D eigenvalue weighted by Gasteiger charge is 2.63. The fourth-order valence-corrected chi connectivity index (χ4v) is 9.37. The molecule has 262 valence electrons. The van der Waals surface area contributed by atoms with E-state index in [1.807, 2.05) is 23.1 Å². The lowest BCUT2D eigenvalue weighted by Gasteiger charge is -2.42. The third-order valence-corrected chi connectivity index (χ3v) is 11.8. The standard InChI is InChI=1S/C36H43ClN4O7S/c1-38(2)34(42)30-10-9-19-40(30)36(27-14-11-24(20-31(27)47-4)23-39-17-7-6-8-18-39)28-21-25(37)12-15-29(28)41(35(36)43)49(44,45)33-16-13-26(46-3)22-32(33)48-5/h11-16,20-22,30H,6-10,17-19,23H2,1-5H3/t30-,36?/m0/s1. The highest BCUT2D eigenvalue weighted by atomic mass is 35.5. The second-order valence-corrected chi connectivity index (χ2v) is 15.1. The summed E-state index contributed by atoms with van der Waals surface area (Å²) in [7, 11) is 3.11. The molecule has 2 saturated heterocycles. The van der Waals surface area contributed by atoms with Crippen molar-refractivity contribution in [2.45, 2.75) is 55.1 Å². The molecule has 0 N–H and O–H groups in total. The van der Waals surface area contributed by atoms with Crippen LogP contribution in [-0.4, -0.2) is 96.0 Å². The van der Waals surface area contributed by atoms with Crippen LogP contribution in [0.25, 0.3) is 0 Å². The molecule has 3 aromatic carbocycles. The molecule has 13 heteroatoms. The van der Waals surface area contributed by atoms with E-state index in [1.54, 1.807) is 39.4 Å². The smallest absolute Gasteiger partial charge is 0.274 e. The van der Waals surface area contributed by atoms with Gasteiger partial charge in [-0.05, 0) is 80.7 Å². The zero-order chi connectivity index (χ0) is 35.1. The van der Waals surface area contributed by atoms with Crippen LogP contribution in [0.15, 0.2) is 59.5 Å². The first-order chi connectivity index (χ1) is 23.5. The molecule has 1 unspecified atom stereocenters. The summed E-state index contributed by atoms with van der Waals surface area (Å²) in [6.45, 7) is 3.06. The first-order valence-electron chi connectivity index (χ1n) is 16.5. The van der Waals surface area contributed by atoms with Crippen molar-refractivity contribution in [1.82, 2.24) is 14.7 Å². The number of anilines is 1. The van der Waals surface area contributed by atoms with E-state index in [0.717, 1.165) is 35.8 Å². The summed E-state index contributed by atoms with van der Waals surface area (Å²) in [5.41, 5.74) is 0.138. The lowest BCUT2D eigenvalue weighted by molar-refractivity contribution is -0.138. The third kappa shape index (κ3) is 5.92. The number of carbonyl (C=O) groups is 2. The van der Waals surface area contributed by atoms with Crippen LogP contribution in [0.4, 0.5) is 5.69 Å². The van der Waals surface area contributed by atoms with Crippen LogP contribution in [0.1, 0.15) is 48.8 Å². The predicted octanol–water partition coefficient (Wildman–Crippen LogP) is 4.88. The highest BCUT2D eigenvalue weighted by Crippen LogP contribution is 2.55. The molecule has 2 fully saturated rings. The summed E-state index contributed by atoms with van der Waals surface area (Å²) in [6.07, 6.45) is 4.60. The first kappa shape index (κ1) is 35.0. The van der Waals surface area contributed by atoms with Crippen molar-refractivity contribution in [3.63, 3.8) is 0 Å². The lowest BCUT2D eigenvalue weighted by Crippen LogP contribution is -2.59. The number of carbonyl (C=O) groups excluding carboxylic acids is 2. The Morgan fingerprint density at radius 3 is 2.29 bits per heavy atom. The van der Waals surface area contributed by atoms with Gasteiger partial charge in [-0.3, -0.25) is 19.4 Å². The maximum absolute atomic E-state index is 15.5. The third-order valence-electron chi connectivity index (χ3n) is 9.87. The van der Waals surface area contributed by atoms with Crippen molar-refractivity contribution in [1.29, 1.82) is 0 Å². The largest absolute Gasteiger partial charge is 0.497 e. The van der Waals surface area contributed by atoms with Crippen molar-refractivity contribution < 1.29 is 32.2 Å². The molecule has 0 saturated carbocycles. The average molecular weight is 711 g/mol. The second-order valence-electron chi connectivity index (χ2n) is 12.9. The Kier molecular flexibility index (Phi) is 9.87. The number of likely N-dealkylation sites (N-methyl/N-ethyl adjacent to an activating group) is 1. The van der Waals surface area contributed by atoms with E-state index in [-0.39, 0.29) is 22.2 Å². The number of nitrogens with zero attached hydrogens (tertiary/aromatic N) is 4. The molecule has 0 spiro atoms. The molecule has 3 heterocycles. The zero-order valence-corrected chi connectivity index (χ0v) is 30.1.